The van der Waals surface area contributed by atoms with Crippen molar-refractivity contribution in [2.24, 2.45) is 5.92 Å². The van der Waals surface area contributed by atoms with E-state index >= 15 is 0 Å². The number of fused-ring (bicyclic) bond motifs is 1. The maximum Gasteiger partial charge on any atom is 0.490 e. The van der Waals surface area contributed by atoms with E-state index in [1.54, 1.807) is 6.92 Å². The molecule has 0 bridgehead atoms. The molecule has 0 fully saturated rings. The zero-order valence-corrected chi connectivity index (χ0v) is 15.7. The molecule has 1 amide bonds. The lowest BCUT2D eigenvalue weighted by Crippen LogP contribution is -2.20. The molecule has 0 saturated carbocycles. The second-order valence-corrected chi connectivity index (χ2v) is 7.43. The van der Waals surface area contributed by atoms with Gasteiger partial charge in [0.25, 0.3) is 0 Å². The Morgan fingerprint density at radius 1 is 1.52 bits per heavy atom. The largest absolute Gasteiger partial charge is 0.490 e. The predicted molar refractivity (Wildman–Crippen MR) is 96.8 cm³/mol. The fraction of sp³-hybridized carbons (Fsp3) is 0.500. The molecule has 27 heavy (non-hydrogen) atoms. The summed E-state index contributed by atoms with van der Waals surface area (Å²) < 4.78 is 6.24. The van der Waals surface area contributed by atoms with Gasteiger partial charge in [-0.15, -0.1) is 11.3 Å². The normalized spacial score (nSPS) is 15.9. The van der Waals surface area contributed by atoms with E-state index < -0.39 is 22.7 Å². The number of hydrogen-bond donors (Lipinski definition) is 1. The smallest absolute Gasteiger partial charge is 0.462 e. The highest BCUT2D eigenvalue weighted by molar-refractivity contribution is 7.17. The molecule has 0 saturated heterocycles. The van der Waals surface area contributed by atoms with Crippen molar-refractivity contribution in [1.29, 1.82) is 0 Å². The van der Waals surface area contributed by atoms with Crippen LogP contribution in [0.1, 0.15) is 41.1 Å². The van der Waals surface area contributed by atoms with Crippen molar-refractivity contribution in [2.75, 3.05) is 11.9 Å². The minimum atomic E-state index is -0.734. The Labute approximate surface area is 158 Å². The molecule has 2 heterocycles. The van der Waals surface area contributed by atoms with E-state index in [0.717, 1.165) is 40.7 Å². The van der Waals surface area contributed by atoms with Crippen LogP contribution in [0.25, 0.3) is 0 Å². The zero-order chi connectivity index (χ0) is 19.6. The summed E-state index contributed by atoms with van der Waals surface area (Å²) in [7, 11) is 0. The second kappa shape index (κ2) is 7.82. The molecule has 0 radical (unpaired) electrons. The number of carbonyl (C=O) groups is 2. The summed E-state index contributed by atoms with van der Waals surface area (Å²) in [6, 6.07) is 0. The topological polar surface area (TPSA) is 129 Å². The van der Waals surface area contributed by atoms with Crippen LogP contribution in [-0.2, 0) is 28.9 Å². The van der Waals surface area contributed by atoms with Crippen LogP contribution in [0.4, 0.5) is 10.9 Å². The number of ether oxygens (including phenoxy) is 1. The lowest BCUT2D eigenvalue weighted by atomic mass is 9.88. The van der Waals surface area contributed by atoms with Gasteiger partial charge in [0.05, 0.1) is 12.2 Å². The first-order valence-corrected chi connectivity index (χ1v) is 9.36. The van der Waals surface area contributed by atoms with Crippen LogP contribution in [0.15, 0.2) is 6.33 Å². The summed E-state index contributed by atoms with van der Waals surface area (Å²) in [5, 5.41) is 17.4. The molecule has 0 unspecified atom stereocenters. The van der Waals surface area contributed by atoms with Crippen LogP contribution in [-0.4, -0.2) is 38.2 Å². The molecule has 1 N–H and O–H groups in total. The number of nitrogens with zero attached hydrogens (tertiary/aromatic N) is 4. The standard InChI is InChI=1S/C16H19N5O5S/c1-3-26-15(23)13-10-5-4-9(2)6-11(10)27-14(13)18-12(22)7-20-8-17-16(19-20)21(24)25/h8-9H,3-7H2,1-2H3,(H,18,22)/t9-/m0/s1. The molecule has 0 spiro atoms. The van der Waals surface area contributed by atoms with Crippen molar-refractivity contribution in [2.45, 2.75) is 39.7 Å². The van der Waals surface area contributed by atoms with Crippen LogP contribution in [0, 0.1) is 16.0 Å². The zero-order valence-electron chi connectivity index (χ0n) is 14.9. The van der Waals surface area contributed by atoms with Crippen molar-refractivity contribution >= 4 is 34.2 Å². The molecule has 0 aromatic carbocycles. The number of hydrogen-bond acceptors (Lipinski definition) is 8. The highest BCUT2D eigenvalue weighted by Crippen LogP contribution is 2.40. The van der Waals surface area contributed by atoms with E-state index in [0.29, 0.717) is 16.5 Å². The number of nitro groups is 1. The number of nitrogens with one attached hydrogen (secondary N) is 1. The van der Waals surface area contributed by atoms with Crippen LogP contribution in [0.2, 0.25) is 0 Å². The summed E-state index contributed by atoms with van der Waals surface area (Å²) in [6.07, 6.45) is 3.72. The van der Waals surface area contributed by atoms with Gasteiger partial charge >= 0.3 is 11.9 Å². The van der Waals surface area contributed by atoms with Crippen molar-refractivity contribution in [3.8, 4) is 0 Å². The third kappa shape index (κ3) is 4.13. The van der Waals surface area contributed by atoms with Gasteiger partial charge in [0.2, 0.25) is 12.2 Å². The molecule has 2 aromatic rings. The van der Waals surface area contributed by atoms with E-state index in [2.05, 4.69) is 22.3 Å². The summed E-state index contributed by atoms with van der Waals surface area (Å²) >= 11 is 1.38. The number of esters is 1. The molecule has 2 aromatic heterocycles. The summed E-state index contributed by atoms with van der Waals surface area (Å²) in [5.74, 6) is -0.954. The molecule has 1 aliphatic carbocycles. The van der Waals surface area contributed by atoms with Crippen molar-refractivity contribution < 1.29 is 19.2 Å². The van der Waals surface area contributed by atoms with Gasteiger partial charge in [0, 0.05) is 9.98 Å². The SMILES string of the molecule is CCOC(=O)c1c(NC(=O)Cn2cnc([N+](=O)[O-])n2)sc2c1CC[C@H](C)C2. The fourth-order valence-corrected chi connectivity index (χ4v) is 4.43. The highest BCUT2D eigenvalue weighted by atomic mass is 32.1. The first kappa shape index (κ1) is 19.0. The Hall–Kier alpha value is -2.82. The maximum atomic E-state index is 12.4. The number of rotatable bonds is 6. The molecule has 1 atom stereocenters. The van der Waals surface area contributed by atoms with E-state index in [4.69, 9.17) is 4.74 Å². The maximum absolute atomic E-state index is 12.4. The van der Waals surface area contributed by atoms with Gasteiger partial charge < -0.3 is 20.2 Å². The highest BCUT2D eigenvalue weighted by Gasteiger charge is 2.29. The monoisotopic (exact) mass is 393 g/mol. The van der Waals surface area contributed by atoms with Crippen LogP contribution in [0.5, 0.6) is 0 Å². The second-order valence-electron chi connectivity index (χ2n) is 6.32. The third-order valence-electron chi connectivity index (χ3n) is 4.24. The van der Waals surface area contributed by atoms with Gasteiger partial charge in [0.15, 0.2) is 0 Å². The minimum Gasteiger partial charge on any atom is -0.462 e. The molecule has 1 aliphatic rings. The van der Waals surface area contributed by atoms with Crippen LogP contribution >= 0.6 is 11.3 Å². The summed E-state index contributed by atoms with van der Waals surface area (Å²) in [5.41, 5.74) is 1.37. The van der Waals surface area contributed by atoms with Crippen molar-refractivity contribution in [3.63, 3.8) is 0 Å². The Bertz CT molecular complexity index is 890. The minimum absolute atomic E-state index is 0.246. The van der Waals surface area contributed by atoms with Gasteiger partial charge in [-0.25, -0.2) is 4.79 Å². The van der Waals surface area contributed by atoms with E-state index in [-0.39, 0.29) is 13.2 Å². The van der Waals surface area contributed by atoms with Crippen molar-refractivity contribution in [3.05, 3.63) is 32.4 Å². The van der Waals surface area contributed by atoms with Gasteiger partial charge in [-0.1, -0.05) is 11.9 Å². The van der Waals surface area contributed by atoms with E-state index in [9.17, 15) is 19.7 Å². The van der Waals surface area contributed by atoms with Crippen molar-refractivity contribution in [1.82, 2.24) is 14.8 Å². The van der Waals surface area contributed by atoms with Crippen LogP contribution < -0.4 is 5.32 Å². The fourth-order valence-electron chi connectivity index (χ4n) is 3.02. The quantitative estimate of drug-likeness (QED) is 0.452. The van der Waals surface area contributed by atoms with E-state index in [1.807, 2.05) is 0 Å². The Balaban J connectivity index is 1.81. The lowest BCUT2D eigenvalue weighted by Gasteiger charge is -2.18. The molecule has 10 nitrogen and oxygen atoms in total. The van der Waals surface area contributed by atoms with Gasteiger partial charge in [-0.05, 0) is 42.6 Å². The number of amides is 1. The molecule has 0 aliphatic heterocycles. The summed E-state index contributed by atoms with van der Waals surface area (Å²) in [4.78, 5) is 39.3. The third-order valence-corrected chi connectivity index (χ3v) is 5.41. The van der Waals surface area contributed by atoms with Gasteiger partial charge in [-0.3, -0.25) is 4.79 Å². The molecule has 11 heteroatoms. The average molecular weight is 393 g/mol. The number of thiophene rings is 1. The van der Waals surface area contributed by atoms with E-state index in [1.165, 1.54) is 11.3 Å². The average Bonchev–Trinajstić information content (AvgIpc) is 3.18. The number of carbonyl (C=O) groups excluding carboxylic acids is 2. The molecule has 144 valence electrons. The first-order valence-electron chi connectivity index (χ1n) is 8.54. The number of aromatic nitrogens is 3. The Kier molecular flexibility index (Phi) is 5.49. The Morgan fingerprint density at radius 3 is 2.96 bits per heavy atom. The van der Waals surface area contributed by atoms with Gasteiger partial charge in [0.1, 0.15) is 11.5 Å². The van der Waals surface area contributed by atoms with Gasteiger partial charge in [-0.2, -0.15) is 4.68 Å². The molecular formula is C16H19N5O5S. The Morgan fingerprint density at radius 2 is 2.30 bits per heavy atom. The van der Waals surface area contributed by atoms with Crippen LogP contribution in [0.3, 0.4) is 0 Å². The molecule has 3 rings (SSSR count). The lowest BCUT2D eigenvalue weighted by molar-refractivity contribution is -0.394. The number of anilines is 1. The predicted octanol–water partition coefficient (Wildman–Crippen LogP) is 2.19. The first-order chi connectivity index (χ1) is 12.9. The molecular weight excluding hydrogens is 374 g/mol. The summed E-state index contributed by atoms with van der Waals surface area (Å²) in [6.45, 7) is 3.88.